The maximum Gasteiger partial charge on any atom is -1.00 e. The molecule has 0 N–H and O–H groups in total. The Morgan fingerprint density at radius 2 is 1.17 bits per heavy atom. The SMILES string of the molecule is C[Si]1(C)C2=CC3=C(CCCC3)[CH]2[Zr+2][C@H]2C1=CC1=C2CCCC1.[Cl-].[Cl-]. The van der Waals surface area contributed by atoms with E-state index in [0.717, 1.165) is 7.25 Å². The molecule has 4 heteroatoms. The molecule has 1 aliphatic heterocycles. The molecule has 5 rings (SSSR count). The molecule has 0 spiro atoms. The summed E-state index contributed by atoms with van der Waals surface area (Å²) in [5.74, 6) is 0. The van der Waals surface area contributed by atoms with Crippen molar-refractivity contribution in [2.45, 2.75) is 71.7 Å². The minimum absolute atomic E-state index is 0. The Labute approximate surface area is 171 Å². The molecule has 128 valence electrons. The Bertz CT molecular complexity index is 628. The molecule has 4 aliphatic carbocycles. The number of rotatable bonds is 0. The molecule has 0 aromatic heterocycles. The topological polar surface area (TPSA) is 0 Å². The second-order valence-electron chi connectivity index (χ2n) is 8.37. The van der Waals surface area contributed by atoms with E-state index in [4.69, 9.17) is 0 Å². The van der Waals surface area contributed by atoms with E-state index in [-0.39, 0.29) is 48.0 Å². The third-order valence-electron chi connectivity index (χ3n) is 6.86. The van der Waals surface area contributed by atoms with Crippen LogP contribution in [0.1, 0.15) is 51.4 Å². The zero-order valence-electron chi connectivity index (χ0n) is 14.7. The van der Waals surface area contributed by atoms with Gasteiger partial charge in [0.2, 0.25) is 0 Å². The monoisotopic (exact) mass is 454 g/mol. The van der Waals surface area contributed by atoms with Crippen LogP contribution < -0.4 is 24.8 Å². The van der Waals surface area contributed by atoms with E-state index >= 15 is 0 Å². The van der Waals surface area contributed by atoms with Gasteiger partial charge in [0.25, 0.3) is 0 Å². The van der Waals surface area contributed by atoms with Gasteiger partial charge in [-0.15, -0.1) is 0 Å². The van der Waals surface area contributed by atoms with Crippen molar-refractivity contribution in [1.29, 1.82) is 0 Å². The van der Waals surface area contributed by atoms with Crippen molar-refractivity contribution in [1.82, 2.24) is 0 Å². The largest absolute Gasteiger partial charge is 1.00 e. The molecule has 24 heavy (non-hydrogen) atoms. The molecule has 1 heterocycles. The van der Waals surface area contributed by atoms with Gasteiger partial charge in [-0.05, 0) is 0 Å². The van der Waals surface area contributed by atoms with Crippen molar-refractivity contribution in [3.8, 4) is 0 Å². The van der Waals surface area contributed by atoms with Gasteiger partial charge in [0.1, 0.15) is 0 Å². The Kier molecular flexibility index (Phi) is 5.65. The van der Waals surface area contributed by atoms with E-state index < -0.39 is 8.07 Å². The van der Waals surface area contributed by atoms with Gasteiger partial charge in [0, 0.05) is 0 Å². The summed E-state index contributed by atoms with van der Waals surface area (Å²) in [6.45, 7) is 5.36. The number of hydrogen-bond donors (Lipinski definition) is 0. The van der Waals surface area contributed by atoms with Crippen LogP contribution >= 0.6 is 0 Å². The van der Waals surface area contributed by atoms with Crippen molar-refractivity contribution in [2.24, 2.45) is 0 Å². The molecule has 1 saturated heterocycles. The smallest absolute Gasteiger partial charge is 1.00 e. The molecule has 2 atom stereocenters. The Morgan fingerprint density at radius 3 is 1.62 bits per heavy atom. The number of halogens is 2. The van der Waals surface area contributed by atoms with Crippen molar-refractivity contribution in [2.75, 3.05) is 0 Å². The molecule has 0 saturated carbocycles. The minimum atomic E-state index is -1.35. The van der Waals surface area contributed by atoms with Crippen LogP contribution in [0.3, 0.4) is 0 Å². The summed E-state index contributed by atoms with van der Waals surface area (Å²) in [5.41, 5.74) is 7.53. The first-order chi connectivity index (χ1) is 10.7. The van der Waals surface area contributed by atoms with Crippen molar-refractivity contribution in [3.63, 3.8) is 0 Å². The van der Waals surface area contributed by atoms with E-state index in [1.807, 2.05) is 32.7 Å². The van der Waals surface area contributed by atoms with E-state index in [2.05, 4.69) is 25.2 Å². The molecule has 0 amide bonds. The number of allylic oxidation sites excluding steroid dienone is 8. The standard InChI is InChI=1S/C20H26Si.2ClH.Zr/c1-21(2,19-11-15-7-3-4-8-16(15)12-19)20-13-17-9-5-6-10-18(17)14-20;;;/h11-14H,3-10H2,1-2H3;2*1H;/q;;;+2/p-2. The molecule has 0 aromatic carbocycles. The van der Waals surface area contributed by atoms with Gasteiger partial charge in [-0.1, -0.05) is 0 Å². The van der Waals surface area contributed by atoms with Gasteiger partial charge in [0.05, 0.1) is 0 Å². The second kappa shape index (κ2) is 6.99. The van der Waals surface area contributed by atoms with Crippen molar-refractivity contribution < 1.29 is 48.0 Å². The summed E-state index contributed by atoms with van der Waals surface area (Å²) in [7, 11) is -1.35. The summed E-state index contributed by atoms with van der Waals surface area (Å²) in [6, 6.07) is 0. The maximum absolute atomic E-state index is 2.74. The average Bonchev–Trinajstić information content (AvgIpc) is 3.08. The van der Waals surface area contributed by atoms with Crippen LogP contribution in [0.2, 0.25) is 20.3 Å². The van der Waals surface area contributed by atoms with E-state index in [9.17, 15) is 0 Å². The summed E-state index contributed by atoms with van der Waals surface area (Å²) in [6.07, 6.45) is 17.0. The fraction of sp³-hybridized carbons (Fsp3) is 0.600. The predicted molar refractivity (Wildman–Crippen MR) is 92.1 cm³/mol. The molecule has 0 radical (unpaired) electrons. The molecule has 0 nitrogen and oxygen atoms in total. The van der Waals surface area contributed by atoms with Crippen LogP contribution in [0.4, 0.5) is 0 Å². The molecule has 0 bridgehead atoms. The zero-order valence-corrected chi connectivity index (χ0v) is 19.7. The quantitative estimate of drug-likeness (QED) is 0.453. The van der Waals surface area contributed by atoms with E-state index in [1.54, 1.807) is 0 Å². The zero-order chi connectivity index (χ0) is 14.9. The third kappa shape index (κ3) is 2.70. The first-order valence-electron chi connectivity index (χ1n) is 9.30. The van der Waals surface area contributed by atoms with Gasteiger partial charge < -0.3 is 24.8 Å². The van der Waals surface area contributed by atoms with E-state index in [0.29, 0.717) is 0 Å². The summed E-state index contributed by atoms with van der Waals surface area (Å²) >= 11 is -0.384. The van der Waals surface area contributed by atoms with E-state index in [1.165, 1.54) is 51.4 Å². The summed E-state index contributed by atoms with van der Waals surface area (Å²) in [5, 5.41) is 3.96. The molecule has 1 unspecified atom stereocenters. The van der Waals surface area contributed by atoms with Gasteiger partial charge in [-0.25, -0.2) is 0 Å². The Hall–Kier alpha value is 0.640. The fourth-order valence-electron chi connectivity index (χ4n) is 5.61. The third-order valence-corrected chi connectivity index (χ3v) is 16.9. The van der Waals surface area contributed by atoms with Crippen LogP contribution in [0.15, 0.2) is 44.8 Å². The van der Waals surface area contributed by atoms with Crippen LogP contribution in [0.5, 0.6) is 0 Å². The molecule has 5 aliphatic rings. The second-order valence-corrected chi connectivity index (χ2v) is 16.4. The molecular formula is C20H26Cl2SiZr. The van der Waals surface area contributed by atoms with Crippen LogP contribution in [0.25, 0.3) is 0 Å². The summed E-state index contributed by atoms with van der Waals surface area (Å²) < 4.78 is 2.05. The fourth-order valence-corrected chi connectivity index (χ4v) is 19.8. The van der Waals surface area contributed by atoms with Gasteiger partial charge in [-0.3, -0.25) is 0 Å². The molecular weight excluding hydrogens is 430 g/mol. The summed E-state index contributed by atoms with van der Waals surface area (Å²) in [4.78, 5) is 0. The molecule has 0 aromatic rings. The van der Waals surface area contributed by atoms with Crippen molar-refractivity contribution in [3.05, 3.63) is 44.8 Å². The first kappa shape index (κ1) is 19.4. The number of hydrogen-bond acceptors (Lipinski definition) is 0. The van der Waals surface area contributed by atoms with Crippen molar-refractivity contribution >= 4 is 8.07 Å². The molecule has 1 fully saturated rings. The van der Waals surface area contributed by atoms with Crippen LogP contribution in [0, 0.1) is 0 Å². The maximum atomic E-state index is 2.74. The Morgan fingerprint density at radius 1 is 0.750 bits per heavy atom. The minimum Gasteiger partial charge on any atom is -1.00 e. The Balaban J connectivity index is 0.000000845. The number of fused-ring (bicyclic) bond motifs is 4. The predicted octanol–water partition coefficient (Wildman–Crippen LogP) is 0.0755. The van der Waals surface area contributed by atoms with Crippen LogP contribution in [-0.4, -0.2) is 8.07 Å². The average molecular weight is 457 g/mol. The van der Waals surface area contributed by atoms with Crippen LogP contribution in [-0.2, 0) is 23.2 Å². The normalized spacial score (nSPS) is 31.9. The first-order valence-corrected chi connectivity index (χ1v) is 15.1. The van der Waals surface area contributed by atoms with Gasteiger partial charge >= 0.3 is 148 Å². The van der Waals surface area contributed by atoms with Gasteiger partial charge in [-0.2, -0.15) is 0 Å². The van der Waals surface area contributed by atoms with Gasteiger partial charge in [0.15, 0.2) is 0 Å².